The van der Waals surface area contributed by atoms with Crippen molar-refractivity contribution in [3.63, 3.8) is 0 Å². The molecule has 0 saturated carbocycles. The Balaban J connectivity index is 2.52. The van der Waals surface area contributed by atoms with Gasteiger partial charge >= 0.3 is 0 Å². The molecular weight excluding hydrogens is 287 g/mol. The summed E-state index contributed by atoms with van der Waals surface area (Å²) in [6.45, 7) is 3.15. The molecule has 0 radical (unpaired) electrons. The maximum absolute atomic E-state index is 6.20. The molecular formula is C13H16Cl2N2S. The van der Waals surface area contributed by atoms with Gasteiger partial charge in [0.1, 0.15) is 11.3 Å². The summed E-state index contributed by atoms with van der Waals surface area (Å²) in [6.07, 6.45) is 2.89. The lowest BCUT2D eigenvalue weighted by Gasteiger charge is -2.13. The summed E-state index contributed by atoms with van der Waals surface area (Å²) >= 11 is 13.9. The van der Waals surface area contributed by atoms with Gasteiger partial charge in [-0.05, 0) is 18.4 Å². The molecule has 18 heavy (non-hydrogen) atoms. The minimum absolute atomic E-state index is 0.537. The Morgan fingerprint density at radius 1 is 1.44 bits per heavy atom. The highest BCUT2D eigenvalue weighted by atomic mass is 35.5. The van der Waals surface area contributed by atoms with Crippen LogP contribution < -0.4 is 0 Å². The average molecular weight is 303 g/mol. The Morgan fingerprint density at radius 2 is 2.22 bits per heavy atom. The molecule has 1 aromatic heterocycles. The third kappa shape index (κ3) is 2.79. The molecule has 98 valence electrons. The number of para-hydroxylation sites is 1. The molecule has 0 fully saturated rings. The van der Waals surface area contributed by atoms with Gasteiger partial charge in [-0.1, -0.05) is 24.6 Å². The molecule has 2 nitrogen and oxygen atoms in total. The number of aromatic nitrogens is 2. The van der Waals surface area contributed by atoms with Gasteiger partial charge in [-0.25, -0.2) is 4.98 Å². The van der Waals surface area contributed by atoms with Crippen LogP contribution in [0.3, 0.4) is 0 Å². The summed E-state index contributed by atoms with van der Waals surface area (Å²) in [5, 5.41) is 1.24. The van der Waals surface area contributed by atoms with Crippen molar-refractivity contribution in [3.05, 3.63) is 29.0 Å². The van der Waals surface area contributed by atoms with Crippen LogP contribution in [0.25, 0.3) is 11.0 Å². The van der Waals surface area contributed by atoms with Crippen molar-refractivity contribution >= 4 is 46.0 Å². The average Bonchev–Trinajstić information content (AvgIpc) is 2.70. The maximum Gasteiger partial charge on any atom is 0.111 e. The molecule has 2 rings (SSSR count). The van der Waals surface area contributed by atoms with E-state index in [0.717, 1.165) is 29.8 Å². The van der Waals surface area contributed by atoms with Gasteiger partial charge in [-0.15, -0.1) is 11.6 Å². The molecule has 1 aromatic carbocycles. The Labute approximate surface area is 122 Å². The van der Waals surface area contributed by atoms with E-state index in [4.69, 9.17) is 23.2 Å². The number of hydrogen-bond acceptors (Lipinski definition) is 2. The van der Waals surface area contributed by atoms with Crippen LogP contribution in [0, 0.1) is 0 Å². The van der Waals surface area contributed by atoms with Gasteiger partial charge in [0.25, 0.3) is 0 Å². The van der Waals surface area contributed by atoms with Crippen molar-refractivity contribution in [2.75, 3.05) is 12.1 Å². The first-order valence-corrected chi connectivity index (χ1v) is 8.09. The molecule has 0 aliphatic carbocycles. The molecule has 0 amide bonds. The maximum atomic E-state index is 6.20. The smallest absolute Gasteiger partial charge is 0.111 e. The fraction of sp³-hybridized carbons (Fsp3) is 0.462. The van der Waals surface area contributed by atoms with Crippen molar-refractivity contribution in [2.24, 2.45) is 0 Å². The van der Waals surface area contributed by atoms with Crippen LogP contribution in [0.1, 0.15) is 12.7 Å². The topological polar surface area (TPSA) is 17.8 Å². The Hall–Kier alpha value is -0.380. The number of nitrogens with zero attached hydrogens (tertiary/aromatic N) is 2. The normalized spacial score (nSPS) is 13.1. The fourth-order valence-electron chi connectivity index (χ4n) is 1.97. The second kappa shape index (κ2) is 6.18. The number of fused-ring (bicyclic) bond motifs is 1. The zero-order valence-electron chi connectivity index (χ0n) is 10.5. The standard InChI is InChI=1S/C13H16Cl2N2S/c1-9(18-2)8-17-11-5-3-4-10(15)13(11)16-12(17)6-7-14/h3-5,9H,6-8H2,1-2H3. The van der Waals surface area contributed by atoms with Crippen LogP contribution in [0.15, 0.2) is 18.2 Å². The van der Waals surface area contributed by atoms with Crippen LogP contribution in [0.5, 0.6) is 0 Å². The van der Waals surface area contributed by atoms with Gasteiger partial charge in [-0.2, -0.15) is 11.8 Å². The van der Waals surface area contributed by atoms with E-state index < -0.39 is 0 Å². The largest absolute Gasteiger partial charge is 0.327 e. The highest BCUT2D eigenvalue weighted by Crippen LogP contribution is 2.25. The number of rotatable bonds is 5. The molecule has 1 heterocycles. The number of benzene rings is 1. The second-order valence-corrected chi connectivity index (χ2v) is 6.29. The van der Waals surface area contributed by atoms with E-state index in [1.54, 1.807) is 0 Å². The molecule has 5 heteroatoms. The minimum Gasteiger partial charge on any atom is -0.327 e. The van der Waals surface area contributed by atoms with Gasteiger partial charge < -0.3 is 4.57 Å². The number of halogens is 2. The van der Waals surface area contributed by atoms with E-state index >= 15 is 0 Å². The SMILES string of the molecule is CSC(C)Cn1c(CCCl)nc2c(Cl)cccc21. The highest BCUT2D eigenvalue weighted by molar-refractivity contribution is 7.99. The van der Waals surface area contributed by atoms with Crippen molar-refractivity contribution in [1.29, 1.82) is 0 Å². The Kier molecular flexibility index (Phi) is 4.82. The van der Waals surface area contributed by atoms with E-state index in [9.17, 15) is 0 Å². The molecule has 0 bridgehead atoms. The van der Waals surface area contributed by atoms with Crippen LogP contribution >= 0.6 is 35.0 Å². The number of alkyl halides is 1. The first-order chi connectivity index (χ1) is 8.67. The summed E-state index contributed by atoms with van der Waals surface area (Å²) in [6, 6.07) is 5.92. The predicted octanol–water partition coefficient (Wildman–Crippen LogP) is 4.22. The van der Waals surface area contributed by atoms with Crippen LogP contribution in [0.4, 0.5) is 0 Å². The molecule has 0 N–H and O–H groups in total. The number of hydrogen-bond donors (Lipinski definition) is 0. The summed E-state index contributed by atoms with van der Waals surface area (Å²) in [7, 11) is 0. The first kappa shape index (κ1) is 14.0. The number of imidazole rings is 1. The lowest BCUT2D eigenvalue weighted by molar-refractivity contribution is 0.672. The van der Waals surface area contributed by atoms with Gasteiger partial charge in [0, 0.05) is 24.1 Å². The molecule has 1 atom stereocenters. The quantitative estimate of drug-likeness (QED) is 0.770. The monoisotopic (exact) mass is 302 g/mol. The second-order valence-electron chi connectivity index (χ2n) is 4.23. The summed E-state index contributed by atoms with van der Waals surface area (Å²) in [5.41, 5.74) is 1.98. The molecule has 0 aliphatic rings. The third-order valence-electron chi connectivity index (χ3n) is 2.97. The van der Waals surface area contributed by atoms with Gasteiger partial charge in [0.15, 0.2) is 0 Å². The third-order valence-corrected chi connectivity index (χ3v) is 4.42. The molecule has 0 saturated heterocycles. The van der Waals surface area contributed by atoms with Crippen molar-refractivity contribution in [3.8, 4) is 0 Å². The molecule has 2 aromatic rings. The van der Waals surface area contributed by atoms with Gasteiger partial charge in [-0.3, -0.25) is 0 Å². The lowest BCUT2D eigenvalue weighted by atomic mass is 10.3. The molecule has 0 aliphatic heterocycles. The van der Waals surface area contributed by atoms with E-state index in [0.29, 0.717) is 16.2 Å². The van der Waals surface area contributed by atoms with Gasteiger partial charge in [0.05, 0.1) is 10.5 Å². The van der Waals surface area contributed by atoms with E-state index in [-0.39, 0.29) is 0 Å². The minimum atomic E-state index is 0.537. The van der Waals surface area contributed by atoms with Crippen molar-refractivity contribution < 1.29 is 0 Å². The predicted molar refractivity (Wildman–Crippen MR) is 82.1 cm³/mol. The number of aryl methyl sites for hydroxylation is 1. The van der Waals surface area contributed by atoms with E-state index in [1.807, 2.05) is 23.9 Å². The zero-order chi connectivity index (χ0) is 13.1. The highest BCUT2D eigenvalue weighted by Gasteiger charge is 2.14. The van der Waals surface area contributed by atoms with Gasteiger partial charge in [0.2, 0.25) is 0 Å². The van der Waals surface area contributed by atoms with Crippen LogP contribution in [0.2, 0.25) is 5.02 Å². The van der Waals surface area contributed by atoms with Crippen LogP contribution in [-0.2, 0) is 13.0 Å². The van der Waals surface area contributed by atoms with Crippen LogP contribution in [-0.4, -0.2) is 26.9 Å². The first-order valence-electron chi connectivity index (χ1n) is 5.89. The van der Waals surface area contributed by atoms with Crippen molar-refractivity contribution in [2.45, 2.75) is 25.1 Å². The Bertz CT molecular complexity index is 539. The fourth-order valence-corrected chi connectivity index (χ4v) is 2.65. The lowest BCUT2D eigenvalue weighted by Crippen LogP contribution is -2.12. The Morgan fingerprint density at radius 3 is 2.89 bits per heavy atom. The summed E-state index contributed by atoms with van der Waals surface area (Å²) in [4.78, 5) is 4.63. The number of thioether (sulfide) groups is 1. The van der Waals surface area contributed by atoms with E-state index in [2.05, 4.69) is 28.8 Å². The van der Waals surface area contributed by atoms with Crippen molar-refractivity contribution in [1.82, 2.24) is 9.55 Å². The molecule has 1 unspecified atom stereocenters. The zero-order valence-corrected chi connectivity index (χ0v) is 12.8. The summed E-state index contributed by atoms with van der Waals surface area (Å²) < 4.78 is 2.24. The van der Waals surface area contributed by atoms with E-state index in [1.165, 1.54) is 0 Å². The summed E-state index contributed by atoms with van der Waals surface area (Å²) in [5.74, 6) is 1.60. The molecule has 0 spiro atoms.